The minimum Gasteiger partial charge on any atom is -0.339 e. The lowest BCUT2D eigenvalue weighted by Gasteiger charge is -2.31. The second-order valence-electron chi connectivity index (χ2n) is 6.62. The van der Waals surface area contributed by atoms with Crippen LogP contribution in [-0.4, -0.2) is 34.7 Å². The maximum atomic E-state index is 12.7. The predicted molar refractivity (Wildman–Crippen MR) is 93.4 cm³/mol. The Balaban J connectivity index is 1.66. The van der Waals surface area contributed by atoms with Crippen LogP contribution >= 0.6 is 0 Å². The lowest BCUT2D eigenvalue weighted by atomic mass is 9.88. The number of Topliss-reactive ketones (excluding diaryl/α,β-unsaturated/α-hetero) is 1. The highest BCUT2D eigenvalue weighted by Crippen LogP contribution is 2.29. The average Bonchev–Trinajstić information content (AvgIpc) is 2.67. The first-order valence-corrected chi connectivity index (χ1v) is 8.71. The van der Waals surface area contributed by atoms with Crippen LogP contribution in [-0.2, 0) is 6.18 Å². The lowest BCUT2D eigenvalue weighted by molar-refractivity contribution is -0.141. The number of aryl methyl sites for hydroxylation is 1. The number of halogens is 3. The first-order valence-electron chi connectivity index (χ1n) is 8.71. The highest BCUT2D eigenvalue weighted by molar-refractivity contribution is 5.98. The Morgan fingerprint density at radius 1 is 1.04 bits per heavy atom. The van der Waals surface area contributed by atoms with Crippen LogP contribution in [0.1, 0.15) is 44.9 Å². The third-order valence-electron chi connectivity index (χ3n) is 4.82. The van der Waals surface area contributed by atoms with Gasteiger partial charge in [0.05, 0.1) is 11.3 Å². The second kappa shape index (κ2) is 7.50. The van der Waals surface area contributed by atoms with Crippen LogP contribution in [0.4, 0.5) is 13.2 Å². The summed E-state index contributed by atoms with van der Waals surface area (Å²) in [4.78, 5) is 30.3. The number of amides is 1. The van der Waals surface area contributed by atoms with E-state index in [1.165, 1.54) is 13.0 Å². The van der Waals surface area contributed by atoms with Crippen molar-refractivity contribution in [2.24, 2.45) is 5.92 Å². The van der Waals surface area contributed by atoms with Gasteiger partial charge in [-0.25, -0.2) is 4.98 Å². The van der Waals surface area contributed by atoms with E-state index in [2.05, 4.69) is 4.98 Å². The molecule has 1 aromatic carbocycles. The van der Waals surface area contributed by atoms with Gasteiger partial charge in [-0.1, -0.05) is 30.3 Å². The lowest BCUT2D eigenvalue weighted by Crippen LogP contribution is -2.40. The normalized spacial score (nSPS) is 15.6. The van der Waals surface area contributed by atoms with E-state index in [1.807, 2.05) is 18.2 Å². The van der Waals surface area contributed by atoms with Gasteiger partial charge in [0.2, 0.25) is 0 Å². The van der Waals surface area contributed by atoms with E-state index in [0.29, 0.717) is 31.5 Å². The Kier molecular flexibility index (Phi) is 5.30. The van der Waals surface area contributed by atoms with Crippen LogP contribution in [0.5, 0.6) is 0 Å². The summed E-state index contributed by atoms with van der Waals surface area (Å²) in [5, 5.41) is 0. The number of ketones is 1. The summed E-state index contributed by atoms with van der Waals surface area (Å²) < 4.78 is 38.2. The van der Waals surface area contributed by atoms with Crippen molar-refractivity contribution < 1.29 is 22.8 Å². The highest BCUT2D eigenvalue weighted by atomic mass is 19.4. The molecule has 27 heavy (non-hydrogen) atoms. The third kappa shape index (κ3) is 4.18. The van der Waals surface area contributed by atoms with Gasteiger partial charge in [-0.05, 0) is 31.9 Å². The molecule has 0 atom stereocenters. The van der Waals surface area contributed by atoms with Crippen LogP contribution < -0.4 is 0 Å². The van der Waals surface area contributed by atoms with E-state index in [1.54, 1.807) is 17.0 Å². The molecule has 2 heterocycles. The van der Waals surface area contributed by atoms with Crippen molar-refractivity contribution in [3.05, 3.63) is 65.0 Å². The zero-order valence-corrected chi connectivity index (χ0v) is 14.8. The minimum absolute atomic E-state index is 0.0531. The fourth-order valence-corrected chi connectivity index (χ4v) is 3.30. The first-order chi connectivity index (χ1) is 12.8. The molecular weight excluding hydrogens is 357 g/mol. The largest absolute Gasteiger partial charge is 0.433 e. The molecule has 0 N–H and O–H groups in total. The molecule has 3 rings (SSSR count). The molecule has 7 heteroatoms. The molecule has 1 amide bonds. The summed E-state index contributed by atoms with van der Waals surface area (Å²) in [6.45, 7) is 2.18. The predicted octanol–water partition coefficient (Wildman–Crippen LogP) is 4.14. The zero-order chi connectivity index (χ0) is 19.6. The Morgan fingerprint density at radius 2 is 1.67 bits per heavy atom. The monoisotopic (exact) mass is 376 g/mol. The molecule has 1 saturated heterocycles. The van der Waals surface area contributed by atoms with Gasteiger partial charge in [0.25, 0.3) is 5.91 Å². The van der Waals surface area contributed by atoms with Gasteiger partial charge in [-0.3, -0.25) is 9.59 Å². The first kappa shape index (κ1) is 19.1. The van der Waals surface area contributed by atoms with Crippen LogP contribution in [0.3, 0.4) is 0 Å². The second-order valence-corrected chi connectivity index (χ2v) is 6.62. The molecule has 0 radical (unpaired) electrons. The number of benzene rings is 1. The molecule has 4 nitrogen and oxygen atoms in total. The van der Waals surface area contributed by atoms with Crippen LogP contribution in [0.15, 0.2) is 42.5 Å². The molecule has 0 spiro atoms. The fourth-order valence-electron chi connectivity index (χ4n) is 3.30. The number of nitrogens with zero attached hydrogens (tertiary/aromatic N) is 2. The van der Waals surface area contributed by atoms with E-state index in [4.69, 9.17) is 0 Å². The van der Waals surface area contributed by atoms with E-state index in [9.17, 15) is 22.8 Å². The van der Waals surface area contributed by atoms with Crippen LogP contribution in [0, 0.1) is 12.8 Å². The van der Waals surface area contributed by atoms with Gasteiger partial charge < -0.3 is 4.90 Å². The van der Waals surface area contributed by atoms with Gasteiger partial charge in [0.15, 0.2) is 5.78 Å². The van der Waals surface area contributed by atoms with Gasteiger partial charge in [0, 0.05) is 24.6 Å². The molecule has 0 bridgehead atoms. The van der Waals surface area contributed by atoms with E-state index in [0.717, 1.165) is 6.07 Å². The molecule has 1 aliphatic heterocycles. The number of alkyl halides is 3. The summed E-state index contributed by atoms with van der Waals surface area (Å²) in [7, 11) is 0. The molecule has 0 unspecified atom stereocenters. The van der Waals surface area contributed by atoms with Gasteiger partial charge in [-0.15, -0.1) is 0 Å². The van der Waals surface area contributed by atoms with Gasteiger partial charge in [-0.2, -0.15) is 13.2 Å². The van der Waals surface area contributed by atoms with Crippen molar-refractivity contribution >= 4 is 11.7 Å². The molecule has 142 valence electrons. The summed E-state index contributed by atoms with van der Waals surface area (Å²) >= 11 is 0. The maximum absolute atomic E-state index is 12.7. The average molecular weight is 376 g/mol. The summed E-state index contributed by atoms with van der Waals surface area (Å²) in [6.07, 6.45) is -3.47. The SMILES string of the molecule is Cc1nc(C(F)(F)F)ccc1C(=O)N1CCC(C(=O)c2ccccc2)CC1. The molecule has 1 aliphatic rings. The number of carbonyl (C=O) groups excluding carboxylic acids is 2. The number of aromatic nitrogens is 1. The zero-order valence-electron chi connectivity index (χ0n) is 14.8. The number of rotatable bonds is 3. The molecule has 0 saturated carbocycles. The quantitative estimate of drug-likeness (QED) is 0.757. The van der Waals surface area contributed by atoms with Crippen molar-refractivity contribution in [2.75, 3.05) is 13.1 Å². The molecule has 1 aromatic heterocycles. The minimum atomic E-state index is -4.54. The Hall–Kier alpha value is -2.70. The summed E-state index contributed by atoms with van der Waals surface area (Å²) in [5.41, 5.74) is -0.137. The Morgan fingerprint density at radius 3 is 2.22 bits per heavy atom. The Bertz CT molecular complexity index is 842. The Labute approximate surface area is 155 Å². The summed E-state index contributed by atoms with van der Waals surface area (Å²) in [5.74, 6) is -0.433. The standard InChI is InChI=1S/C20H19F3N2O2/c1-13-16(7-8-17(24-13)20(21,22)23)19(27)25-11-9-15(10-12-25)18(26)14-5-3-2-4-6-14/h2-8,15H,9-12H2,1H3. The number of piperidine rings is 1. The fraction of sp³-hybridized carbons (Fsp3) is 0.350. The van der Waals surface area contributed by atoms with Gasteiger partial charge in [0.1, 0.15) is 5.69 Å². The van der Waals surface area contributed by atoms with Crippen molar-refractivity contribution in [1.82, 2.24) is 9.88 Å². The van der Waals surface area contributed by atoms with E-state index in [-0.39, 0.29) is 28.9 Å². The molecule has 1 fully saturated rings. The number of pyridine rings is 1. The van der Waals surface area contributed by atoms with Crippen molar-refractivity contribution in [3.63, 3.8) is 0 Å². The van der Waals surface area contributed by atoms with Crippen molar-refractivity contribution in [3.8, 4) is 0 Å². The number of carbonyl (C=O) groups is 2. The molecule has 0 aliphatic carbocycles. The van der Waals surface area contributed by atoms with E-state index < -0.39 is 11.9 Å². The number of hydrogen-bond donors (Lipinski definition) is 0. The highest BCUT2D eigenvalue weighted by Gasteiger charge is 2.34. The topological polar surface area (TPSA) is 50.3 Å². The van der Waals surface area contributed by atoms with Gasteiger partial charge >= 0.3 is 6.18 Å². The van der Waals surface area contributed by atoms with E-state index >= 15 is 0 Å². The molecular formula is C20H19F3N2O2. The maximum Gasteiger partial charge on any atom is 0.433 e. The third-order valence-corrected chi connectivity index (χ3v) is 4.82. The smallest absolute Gasteiger partial charge is 0.339 e. The molecule has 2 aromatic rings. The number of likely N-dealkylation sites (tertiary alicyclic amines) is 1. The summed E-state index contributed by atoms with van der Waals surface area (Å²) in [6, 6.07) is 11.0. The van der Waals surface area contributed by atoms with Crippen LogP contribution in [0.2, 0.25) is 0 Å². The van der Waals surface area contributed by atoms with Crippen molar-refractivity contribution in [1.29, 1.82) is 0 Å². The van der Waals surface area contributed by atoms with Crippen molar-refractivity contribution in [2.45, 2.75) is 25.9 Å². The number of hydrogen-bond acceptors (Lipinski definition) is 3. The van der Waals surface area contributed by atoms with Crippen LogP contribution in [0.25, 0.3) is 0 Å².